The van der Waals surface area contributed by atoms with Crippen molar-refractivity contribution in [3.05, 3.63) is 42.0 Å². The fourth-order valence-corrected chi connectivity index (χ4v) is 2.50. The Morgan fingerprint density at radius 1 is 1.04 bits per heavy atom. The zero-order valence-electron chi connectivity index (χ0n) is 15.5. The van der Waals surface area contributed by atoms with Gasteiger partial charge in [-0.2, -0.15) is 0 Å². The van der Waals surface area contributed by atoms with Gasteiger partial charge < -0.3 is 14.9 Å². The zero-order chi connectivity index (χ0) is 18.5. The first-order valence-corrected chi connectivity index (χ1v) is 9.38. The van der Waals surface area contributed by atoms with Crippen LogP contribution in [0.1, 0.15) is 64.4 Å². The normalized spacial score (nSPS) is 13.8. The maximum absolute atomic E-state index is 11.6. The number of aryl methyl sites for hydroxylation is 1. The third kappa shape index (κ3) is 10.0. The van der Waals surface area contributed by atoms with Crippen LogP contribution in [-0.4, -0.2) is 28.4 Å². The third-order valence-electron chi connectivity index (χ3n) is 4.13. The molecule has 0 aliphatic heterocycles. The standard InChI is InChI=1S/C21H32O4/c1-3-4-5-6-7-8-9-10-18-11-13-19(14-12-18)25-21(24)16-15-20(23)17(2)22/h11-17,20,22-23H,3-10H2,1-2H3. The van der Waals surface area contributed by atoms with Crippen molar-refractivity contribution >= 4 is 5.97 Å². The molecule has 140 valence electrons. The van der Waals surface area contributed by atoms with E-state index in [1.807, 2.05) is 12.1 Å². The minimum atomic E-state index is -1.07. The molecule has 0 amide bonds. The smallest absolute Gasteiger partial charge is 0.335 e. The molecule has 0 saturated heterocycles. The molecule has 1 aromatic carbocycles. The maximum atomic E-state index is 11.6. The van der Waals surface area contributed by atoms with Crippen LogP contribution in [0.3, 0.4) is 0 Å². The number of benzene rings is 1. The highest BCUT2D eigenvalue weighted by Crippen LogP contribution is 2.15. The van der Waals surface area contributed by atoms with Crippen molar-refractivity contribution in [1.82, 2.24) is 0 Å². The number of rotatable bonds is 12. The predicted octanol–water partition coefficient (Wildman–Crippen LogP) is 4.18. The molecule has 25 heavy (non-hydrogen) atoms. The zero-order valence-corrected chi connectivity index (χ0v) is 15.5. The van der Waals surface area contributed by atoms with Gasteiger partial charge in [-0.05, 0) is 43.5 Å². The fourth-order valence-electron chi connectivity index (χ4n) is 2.50. The van der Waals surface area contributed by atoms with Gasteiger partial charge in [0.2, 0.25) is 0 Å². The van der Waals surface area contributed by atoms with Crippen LogP contribution in [-0.2, 0) is 11.2 Å². The lowest BCUT2D eigenvalue weighted by atomic mass is 10.0. The van der Waals surface area contributed by atoms with E-state index in [0.717, 1.165) is 12.5 Å². The molecule has 2 unspecified atom stereocenters. The van der Waals surface area contributed by atoms with Crippen molar-refractivity contribution in [2.45, 2.75) is 77.4 Å². The van der Waals surface area contributed by atoms with Crippen LogP contribution in [0.25, 0.3) is 0 Å². The van der Waals surface area contributed by atoms with Gasteiger partial charge in [-0.1, -0.05) is 57.6 Å². The number of aliphatic hydroxyl groups excluding tert-OH is 2. The largest absolute Gasteiger partial charge is 0.423 e. The fraction of sp³-hybridized carbons (Fsp3) is 0.571. The molecule has 1 aromatic rings. The van der Waals surface area contributed by atoms with Gasteiger partial charge in [0.1, 0.15) is 5.75 Å². The Morgan fingerprint density at radius 2 is 1.64 bits per heavy atom. The lowest BCUT2D eigenvalue weighted by Crippen LogP contribution is -2.20. The van der Waals surface area contributed by atoms with Crippen LogP contribution in [0.5, 0.6) is 5.75 Å². The quantitative estimate of drug-likeness (QED) is 0.257. The average Bonchev–Trinajstić information content (AvgIpc) is 2.60. The van der Waals surface area contributed by atoms with Gasteiger partial charge >= 0.3 is 5.97 Å². The van der Waals surface area contributed by atoms with E-state index in [4.69, 9.17) is 9.84 Å². The second kappa shape index (κ2) is 12.7. The molecule has 0 aliphatic rings. The van der Waals surface area contributed by atoms with Crippen molar-refractivity contribution in [2.75, 3.05) is 0 Å². The van der Waals surface area contributed by atoms with E-state index in [-0.39, 0.29) is 0 Å². The van der Waals surface area contributed by atoms with Gasteiger partial charge in [-0.25, -0.2) is 4.79 Å². The number of hydrogen-bond acceptors (Lipinski definition) is 4. The molecule has 0 saturated carbocycles. The SMILES string of the molecule is CCCCCCCCCc1ccc(OC(=O)C=CC(O)C(C)O)cc1. The number of carbonyl (C=O) groups excluding carboxylic acids is 1. The van der Waals surface area contributed by atoms with Gasteiger partial charge in [0.05, 0.1) is 12.2 Å². The molecule has 2 N–H and O–H groups in total. The minimum Gasteiger partial charge on any atom is -0.423 e. The minimum absolute atomic E-state index is 0.476. The van der Waals surface area contributed by atoms with Gasteiger partial charge in [-0.3, -0.25) is 0 Å². The first-order valence-electron chi connectivity index (χ1n) is 9.38. The summed E-state index contributed by atoms with van der Waals surface area (Å²) in [5.74, 6) is -0.0935. The van der Waals surface area contributed by atoms with Gasteiger partial charge in [-0.15, -0.1) is 0 Å². The summed E-state index contributed by atoms with van der Waals surface area (Å²) >= 11 is 0. The summed E-state index contributed by atoms with van der Waals surface area (Å²) < 4.78 is 5.16. The van der Waals surface area contributed by atoms with Gasteiger partial charge in [0.15, 0.2) is 0 Å². The highest BCUT2D eigenvalue weighted by Gasteiger charge is 2.07. The molecule has 4 nitrogen and oxygen atoms in total. The summed E-state index contributed by atoms with van der Waals surface area (Å²) in [5, 5.41) is 18.5. The van der Waals surface area contributed by atoms with E-state index >= 15 is 0 Å². The number of esters is 1. The number of aliphatic hydroxyl groups is 2. The lowest BCUT2D eigenvalue weighted by molar-refractivity contribution is -0.129. The molecule has 0 heterocycles. The van der Waals surface area contributed by atoms with E-state index in [2.05, 4.69) is 6.92 Å². The molecule has 2 atom stereocenters. The van der Waals surface area contributed by atoms with Crippen molar-refractivity contribution in [1.29, 1.82) is 0 Å². The number of ether oxygens (including phenoxy) is 1. The van der Waals surface area contributed by atoms with Crippen molar-refractivity contribution in [3.8, 4) is 5.75 Å². The van der Waals surface area contributed by atoms with Crippen molar-refractivity contribution < 1.29 is 19.7 Å². The summed E-state index contributed by atoms with van der Waals surface area (Å²) in [6, 6.07) is 7.53. The number of hydrogen-bond donors (Lipinski definition) is 2. The Kier molecular flexibility index (Phi) is 10.8. The molecule has 0 aromatic heterocycles. The van der Waals surface area contributed by atoms with Crippen LogP contribution in [0.2, 0.25) is 0 Å². The van der Waals surface area contributed by atoms with Crippen LogP contribution in [0.4, 0.5) is 0 Å². The Hall–Kier alpha value is -1.65. The monoisotopic (exact) mass is 348 g/mol. The second-order valence-electron chi connectivity index (χ2n) is 6.53. The van der Waals surface area contributed by atoms with Crippen LogP contribution < -0.4 is 4.74 Å². The molecule has 1 rings (SSSR count). The topological polar surface area (TPSA) is 66.8 Å². The number of carbonyl (C=O) groups is 1. The van der Waals surface area contributed by atoms with Crippen molar-refractivity contribution in [2.24, 2.45) is 0 Å². The summed E-state index contributed by atoms with van der Waals surface area (Å²) in [5.41, 5.74) is 1.24. The Bertz CT molecular complexity index is 505. The van der Waals surface area contributed by atoms with Gasteiger partial charge in [0.25, 0.3) is 0 Å². The molecule has 4 heteroatoms. The first kappa shape index (κ1) is 21.4. The Labute approximate surface area is 151 Å². The Balaban J connectivity index is 2.28. The summed E-state index contributed by atoms with van der Waals surface area (Å²) in [6.45, 7) is 3.68. The van der Waals surface area contributed by atoms with E-state index in [9.17, 15) is 9.90 Å². The molecule has 0 fully saturated rings. The van der Waals surface area contributed by atoms with Crippen molar-refractivity contribution in [3.63, 3.8) is 0 Å². The summed E-state index contributed by atoms with van der Waals surface area (Å²) in [4.78, 5) is 11.6. The summed E-state index contributed by atoms with van der Waals surface area (Å²) in [7, 11) is 0. The van der Waals surface area contributed by atoms with Gasteiger partial charge in [0, 0.05) is 6.08 Å². The molecule has 0 aliphatic carbocycles. The van der Waals surface area contributed by atoms with E-state index in [1.54, 1.807) is 12.1 Å². The second-order valence-corrected chi connectivity index (χ2v) is 6.53. The maximum Gasteiger partial charge on any atom is 0.335 e. The first-order chi connectivity index (χ1) is 12.0. The summed E-state index contributed by atoms with van der Waals surface area (Å²) in [6.07, 6.45) is 10.5. The lowest BCUT2D eigenvalue weighted by Gasteiger charge is -2.08. The molecular weight excluding hydrogens is 316 g/mol. The highest BCUT2D eigenvalue weighted by atomic mass is 16.5. The average molecular weight is 348 g/mol. The Morgan fingerprint density at radius 3 is 2.24 bits per heavy atom. The molecule has 0 bridgehead atoms. The predicted molar refractivity (Wildman–Crippen MR) is 101 cm³/mol. The van der Waals surface area contributed by atoms with Crippen LogP contribution in [0.15, 0.2) is 36.4 Å². The van der Waals surface area contributed by atoms with Crippen LogP contribution >= 0.6 is 0 Å². The highest BCUT2D eigenvalue weighted by molar-refractivity contribution is 5.84. The van der Waals surface area contributed by atoms with E-state index < -0.39 is 18.2 Å². The third-order valence-corrected chi connectivity index (χ3v) is 4.13. The van der Waals surface area contributed by atoms with E-state index in [0.29, 0.717) is 5.75 Å². The number of unbranched alkanes of at least 4 members (excludes halogenated alkanes) is 6. The van der Waals surface area contributed by atoms with Crippen LogP contribution in [0, 0.1) is 0 Å². The molecule has 0 spiro atoms. The molecular formula is C21H32O4. The molecule has 0 radical (unpaired) electrons. The van der Waals surface area contributed by atoms with E-state index in [1.165, 1.54) is 63.5 Å².